The zero-order valence-electron chi connectivity index (χ0n) is 7.50. The molecule has 0 rings (SSSR count). The molecule has 0 saturated heterocycles. The fourth-order valence-corrected chi connectivity index (χ4v) is 0.842. The van der Waals surface area contributed by atoms with Gasteiger partial charge in [-0.2, -0.15) is 0 Å². The molecule has 3 nitrogen and oxygen atoms in total. The molecule has 0 unspecified atom stereocenters. The van der Waals surface area contributed by atoms with E-state index >= 15 is 0 Å². The number of amides is 1. The van der Waals surface area contributed by atoms with Crippen LogP contribution >= 0.6 is 0 Å². The SMILES string of the molecule is C=CC(=O)N(CC)N(C)CC. The van der Waals surface area contributed by atoms with Crippen molar-refractivity contribution >= 4 is 5.91 Å². The Morgan fingerprint density at radius 3 is 2.27 bits per heavy atom. The molecule has 0 aromatic heterocycles. The van der Waals surface area contributed by atoms with Crippen LogP contribution in [0.2, 0.25) is 0 Å². The van der Waals surface area contributed by atoms with E-state index in [1.807, 2.05) is 25.9 Å². The molecule has 1 amide bonds. The summed E-state index contributed by atoms with van der Waals surface area (Å²) in [6.07, 6.45) is 1.33. The van der Waals surface area contributed by atoms with Gasteiger partial charge in [0.25, 0.3) is 5.91 Å². The van der Waals surface area contributed by atoms with Crippen molar-refractivity contribution in [1.82, 2.24) is 10.0 Å². The van der Waals surface area contributed by atoms with Gasteiger partial charge in [0.2, 0.25) is 0 Å². The van der Waals surface area contributed by atoms with Gasteiger partial charge < -0.3 is 0 Å². The molecule has 0 aromatic carbocycles. The lowest BCUT2D eigenvalue weighted by Gasteiger charge is -2.28. The molecule has 0 bridgehead atoms. The van der Waals surface area contributed by atoms with Crippen molar-refractivity contribution < 1.29 is 4.79 Å². The van der Waals surface area contributed by atoms with Gasteiger partial charge in [0.1, 0.15) is 0 Å². The number of carbonyl (C=O) groups excluding carboxylic acids is 1. The van der Waals surface area contributed by atoms with Crippen molar-refractivity contribution in [2.45, 2.75) is 13.8 Å². The topological polar surface area (TPSA) is 23.6 Å². The zero-order valence-corrected chi connectivity index (χ0v) is 7.50. The molecule has 0 aliphatic carbocycles. The maximum Gasteiger partial charge on any atom is 0.260 e. The first-order chi connectivity index (χ1) is 5.17. The quantitative estimate of drug-likeness (QED) is 0.446. The Kier molecular flexibility index (Phi) is 4.54. The Morgan fingerprint density at radius 2 is 2.00 bits per heavy atom. The minimum atomic E-state index is -0.0446. The molecule has 0 aromatic rings. The first kappa shape index (κ1) is 10.2. The van der Waals surface area contributed by atoms with Crippen LogP contribution in [0.25, 0.3) is 0 Å². The molecule has 0 spiro atoms. The van der Waals surface area contributed by atoms with E-state index in [1.54, 1.807) is 5.01 Å². The molecule has 64 valence electrons. The zero-order chi connectivity index (χ0) is 8.85. The van der Waals surface area contributed by atoms with Crippen molar-refractivity contribution in [1.29, 1.82) is 0 Å². The standard InChI is InChI=1S/C8H16N2O/c1-5-8(11)10(7-3)9(4)6-2/h5H,1,6-7H2,2-4H3. The number of rotatable bonds is 4. The molecule has 0 saturated carbocycles. The summed E-state index contributed by atoms with van der Waals surface area (Å²) >= 11 is 0. The fraction of sp³-hybridized carbons (Fsp3) is 0.625. The molecule has 0 radical (unpaired) electrons. The van der Waals surface area contributed by atoms with Crippen molar-refractivity contribution in [2.24, 2.45) is 0 Å². The minimum Gasteiger partial charge on any atom is -0.272 e. The highest BCUT2D eigenvalue weighted by atomic mass is 16.2. The number of likely N-dealkylation sites (N-methyl/N-ethyl adjacent to an activating group) is 1. The third kappa shape index (κ3) is 2.72. The van der Waals surface area contributed by atoms with E-state index in [0.717, 1.165) is 6.54 Å². The number of hydrogen-bond donors (Lipinski definition) is 0. The predicted octanol–water partition coefficient (Wildman–Crippen LogP) is 0.888. The molecule has 0 fully saturated rings. The van der Waals surface area contributed by atoms with Crippen LogP contribution in [-0.2, 0) is 4.79 Å². The smallest absolute Gasteiger partial charge is 0.260 e. The van der Waals surface area contributed by atoms with Gasteiger partial charge in [-0.1, -0.05) is 13.5 Å². The van der Waals surface area contributed by atoms with Crippen molar-refractivity contribution in [3.05, 3.63) is 12.7 Å². The van der Waals surface area contributed by atoms with Crippen molar-refractivity contribution in [3.63, 3.8) is 0 Å². The second-order valence-electron chi connectivity index (χ2n) is 2.23. The maximum atomic E-state index is 11.1. The van der Waals surface area contributed by atoms with Crippen LogP contribution in [0.1, 0.15) is 13.8 Å². The summed E-state index contributed by atoms with van der Waals surface area (Å²) in [4.78, 5) is 11.1. The summed E-state index contributed by atoms with van der Waals surface area (Å²) in [5, 5.41) is 3.51. The van der Waals surface area contributed by atoms with Gasteiger partial charge in [-0.15, -0.1) is 0 Å². The second kappa shape index (κ2) is 4.91. The number of hydrazine groups is 1. The van der Waals surface area contributed by atoms with Crippen LogP contribution in [0.15, 0.2) is 12.7 Å². The van der Waals surface area contributed by atoms with Crippen LogP contribution in [0.3, 0.4) is 0 Å². The highest BCUT2D eigenvalue weighted by Gasteiger charge is 2.10. The van der Waals surface area contributed by atoms with Crippen molar-refractivity contribution in [2.75, 3.05) is 20.1 Å². The summed E-state index contributed by atoms with van der Waals surface area (Å²) in [5.74, 6) is -0.0446. The summed E-state index contributed by atoms with van der Waals surface area (Å²) < 4.78 is 0. The van der Waals surface area contributed by atoms with Gasteiger partial charge in [0, 0.05) is 20.1 Å². The van der Waals surface area contributed by atoms with Gasteiger partial charge in [0.15, 0.2) is 0 Å². The number of carbonyl (C=O) groups is 1. The first-order valence-corrected chi connectivity index (χ1v) is 3.82. The largest absolute Gasteiger partial charge is 0.272 e. The summed E-state index contributed by atoms with van der Waals surface area (Å²) in [6, 6.07) is 0. The molecule has 3 heteroatoms. The number of nitrogens with zero attached hydrogens (tertiary/aromatic N) is 2. The minimum absolute atomic E-state index is 0.0446. The highest BCUT2D eigenvalue weighted by Crippen LogP contribution is 1.94. The first-order valence-electron chi connectivity index (χ1n) is 3.82. The van der Waals surface area contributed by atoms with Crippen LogP contribution in [0.5, 0.6) is 0 Å². The van der Waals surface area contributed by atoms with E-state index in [0.29, 0.717) is 6.54 Å². The van der Waals surface area contributed by atoms with E-state index in [9.17, 15) is 4.79 Å². The van der Waals surface area contributed by atoms with Gasteiger partial charge in [-0.05, 0) is 13.0 Å². The summed E-state index contributed by atoms with van der Waals surface area (Å²) in [7, 11) is 1.88. The monoisotopic (exact) mass is 156 g/mol. The van der Waals surface area contributed by atoms with Gasteiger partial charge in [-0.3, -0.25) is 9.80 Å². The summed E-state index contributed by atoms with van der Waals surface area (Å²) in [5.41, 5.74) is 0. The molecule has 0 aliphatic heterocycles. The van der Waals surface area contributed by atoms with E-state index in [1.165, 1.54) is 6.08 Å². The molecule has 0 aliphatic rings. The average Bonchev–Trinajstić information content (AvgIpc) is 2.05. The number of hydrogen-bond acceptors (Lipinski definition) is 2. The Morgan fingerprint density at radius 1 is 1.45 bits per heavy atom. The molecular formula is C8H16N2O. The average molecular weight is 156 g/mol. The lowest BCUT2D eigenvalue weighted by atomic mass is 10.5. The van der Waals surface area contributed by atoms with Gasteiger partial charge in [0.05, 0.1) is 0 Å². The normalized spacial score (nSPS) is 9.82. The van der Waals surface area contributed by atoms with E-state index in [2.05, 4.69) is 6.58 Å². The van der Waals surface area contributed by atoms with Gasteiger partial charge in [-0.25, -0.2) is 5.01 Å². The van der Waals surface area contributed by atoms with Crippen molar-refractivity contribution in [3.8, 4) is 0 Å². The Bertz CT molecular complexity index is 145. The molecule has 0 N–H and O–H groups in total. The van der Waals surface area contributed by atoms with Gasteiger partial charge >= 0.3 is 0 Å². The maximum absolute atomic E-state index is 11.1. The predicted molar refractivity (Wildman–Crippen MR) is 45.9 cm³/mol. The fourth-order valence-electron chi connectivity index (χ4n) is 0.842. The Hall–Kier alpha value is -0.830. The summed E-state index contributed by atoms with van der Waals surface area (Å²) in [6.45, 7) is 8.88. The highest BCUT2D eigenvalue weighted by molar-refractivity contribution is 5.86. The van der Waals surface area contributed by atoms with Crippen LogP contribution in [0.4, 0.5) is 0 Å². The van der Waals surface area contributed by atoms with Crippen LogP contribution in [-0.4, -0.2) is 36.1 Å². The lowest BCUT2D eigenvalue weighted by Crippen LogP contribution is -2.42. The lowest BCUT2D eigenvalue weighted by molar-refractivity contribution is -0.140. The Labute approximate surface area is 68.3 Å². The molecule has 11 heavy (non-hydrogen) atoms. The van der Waals surface area contributed by atoms with Crippen LogP contribution < -0.4 is 0 Å². The second-order valence-corrected chi connectivity index (χ2v) is 2.23. The van der Waals surface area contributed by atoms with E-state index in [4.69, 9.17) is 0 Å². The van der Waals surface area contributed by atoms with E-state index < -0.39 is 0 Å². The Balaban J connectivity index is 4.14. The molecule has 0 heterocycles. The van der Waals surface area contributed by atoms with Crippen LogP contribution in [0, 0.1) is 0 Å². The third-order valence-electron chi connectivity index (χ3n) is 1.60. The molecular weight excluding hydrogens is 140 g/mol. The molecule has 0 atom stereocenters. The third-order valence-corrected chi connectivity index (χ3v) is 1.60. The van der Waals surface area contributed by atoms with E-state index in [-0.39, 0.29) is 5.91 Å².